The second-order valence-electron chi connectivity index (χ2n) is 3.98. The minimum Gasteiger partial charge on any atom is -0.393 e. The van der Waals surface area contributed by atoms with Crippen LogP contribution >= 0.6 is 0 Å². The van der Waals surface area contributed by atoms with E-state index in [2.05, 4.69) is 0 Å². The molecule has 5 nitrogen and oxygen atoms in total. The molecule has 0 aliphatic rings. The molecule has 0 unspecified atom stereocenters. The molecule has 0 radical (unpaired) electrons. The number of nitrogens with zero attached hydrogens (tertiary/aromatic N) is 1. The molecule has 0 bridgehead atoms. The molecule has 0 saturated carbocycles. The number of nitro groups is 1. The van der Waals surface area contributed by atoms with Crippen LogP contribution in [0.25, 0.3) is 0 Å². The Kier molecular flexibility index (Phi) is 3.43. The largest absolute Gasteiger partial charge is 0.393 e. The van der Waals surface area contributed by atoms with Gasteiger partial charge in [0.15, 0.2) is 5.78 Å². The summed E-state index contributed by atoms with van der Waals surface area (Å²) in [6.45, 7) is 0. The molecule has 0 aromatic heterocycles. The molecule has 0 spiro atoms. The second-order valence-corrected chi connectivity index (χ2v) is 3.98. The molecule has 0 aliphatic carbocycles. The van der Waals surface area contributed by atoms with E-state index in [1.807, 2.05) is 0 Å². The summed E-state index contributed by atoms with van der Waals surface area (Å²) in [6, 6.07) is 5.87. The molecule has 7 heteroatoms. The van der Waals surface area contributed by atoms with Crippen LogP contribution in [-0.4, -0.2) is 10.7 Å². The highest BCUT2D eigenvalue weighted by atomic mass is 19.1. The number of halogens is 2. The van der Waals surface area contributed by atoms with Crippen LogP contribution in [0.15, 0.2) is 36.4 Å². The van der Waals surface area contributed by atoms with Crippen molar-refractivity contribution in [1.82, 2.24) is 0 Å². The molecule has 0 atom stereocenters. The number of nitrogen functional groups attached to an aromatic ring is 1. The Hall–Kier alpha value is -2.83. The molecule has 102 valence electrons. The zero-order valence-electron chi connectivity index (χ0n) is 9.97. The van der Waals surface area contributed by atoms with Gasteiger partial charge in [-0.2, -0.15) is 0 Å². The summed E-state index contributed by atoms with van der Waals surface area (Å²) in [4.78, 5) is 22.0. The number of rotatable bonds is 3. The van der Waals surface area contributed by atoms with Crippen LogP contribution in [0.5, 0.6) is 0 Å². The Balaban J connectivity index is 2.48. The van der Waals surface area contributed by atoms with E-state index >= 15 is 0 Å². The van der Waals surface area contributed by atoms with Crippen LogP contribution in [0.1, 0.15) is 15.9 Å². The van der Waals surface area contributed by atoms with Gasteiger partial charge in [0.25, 0.3) is 5.69 Å². The van der Waals surface area contributed by atoms with Gasteiger partial charge in [-0.1, -0.05) is 0 Å². The monoisotopic (exact) mass is 278 g/mol. The molecular weight excluding hydrogens is 270 g/mol. The van der Waals surface area contributed by atoms with Crippen molar-refractivity contribution in [2.45, 2.75) is 0 Å². The molecule has 20 heavy (non-hydrogen) atoms. The summed E-state index contributed by atoms with van der Waals surface area (Å²) in [6.07, 6.45) is 0. The average Bonchev–Trinajstić information content (AvgIpc) is 2.38. The van der Waals surface area contributed by atoms with E-state index in [9.17, 15) is 23.7 Å². The standard InChI is InChI=1S/C13H8F2N2O3/c14-8-2-3-9(10(15)6-8)13(18)7-1-4-11(16)12(5-7)17(19)20/h1-6H,16H2. The Labute approximate surface area is 111 Å². The first-order valence-corrected chi connectivity index (χ1v) is 5.44. The number of nitrogens with two attached hydrogens (primary N) is 1. The predicted molar refractivity (Wildman–Crippen MR) is 67.3 cm³/mol. The molecule has 0 saturated heterocycles. The lowest BCUT2D eigenvalue weighted by molar-refractivity contribution is -0.383. The van der Waals surface area contributed by atoms with Crippen LogP contribution in [0.3, 0.4) is 0 Å². The fourth-order valence-electron chi connectivity index (χ4n) is 1.67. The molecular formula is C13H8F2N2O3. The number of nitro benzene ring substituents is 1. The van der Waals surface area contributed by atoms with Gasteiger partial charge in [-0.25, -0.2) is 8.78 Å². The third-order valence-electron chi connectivity index (χ3n) is 2.67. The van der Waals surface area contributed by atoms with E-state index in [0.717, 1.165) is 18.2 Å². The van der Waals surface area contributed by atoms with Gasteiger partial charge in [0.1, 0.15) is 17.3 Å². The van der Waals surface area contributed by atoms with Crippen LogP contribution in [0.2, 0.25) is 0 Å². The first-order chi connectivity index (χ1) is 9.40. The molecule has 2 aromatic carbocycles. The number of carbonyl (C=O) groups excluding carboxylic acids is 1. The lowest BCUT2D eigenvalue weighted by Crippen LogP contribution is -2.06. The summed E-state index contributed by atoms with van der Waals surface area (Å²) in [7, 11) is 0. The van der Waals surface area contributed by atoms with Crippen LogP contribution < -0.4 is 5.73 Å². The van der Waals surface area contributed by atoms with Gasteiger partial charge in [0.05, 0.1) is 10.5 Å². The molecule has 2 aromatic rings. The lowest BCUT2D eigenvalue weighted by Gasteiger charge is -2.04. The van der Waals surface area contributed by atoms with E-state index in [-0.39, 0.29) is 16.8 Å². The molecule has 2 rings (SSSR count). The summed E-state index contributed by atoms with van der Waals surface area (Å²) in [5.74, 6) is -2.64. The average molecular weight is 278 g/mol. The molecule has 0 aliphatic heterocycles. The minimum atomic E-state index is -1.03. The van der Waals surface area contributed by atoms with E-state index < -0.39 is 28.0 Å². The smallest absolute Gasteiger partial charge is 0.292 e. The van der Waals surface area contributed by atoms with Crippen molar-refractivity contribution in [3.05, 3.63) is 69.3 Å². The Morgan fingerprint density at radius 2 is 1.85 bits per heavy atom. The predicted octanol–water partition coefficient (Wildman–Crippen LogP) is 2.69. The van der Waals surface area contributed by atoms with Crippen LogP contribution in [0.4, 0.5) is 20.2 Å². The topological polar surface area (TPSA) is 86.2 Å². The first-order valence-electron chi connectivity index (χ1n) is 5.44. The Bertz CT molecular complexity index is 717. The van der Waals surface area contributed by atoms with Crippen molar-refractivity contribution >= 4 is 17.2 Å². The maximum absolute atomic E-state index is 13.5. The van der Waals surface area contributed by atoms with Crippen molar-refractivity contribution in [2.24, 2.45) is 0 Å². The van der Waals surface area contributed by atoms with Gasteiger partial charge in [-0.15, -0.1) is 0 Å². The minimum absolute atomic E-state index is 0.101. The second kappa shape index (κ2) is 5.04. The van der Waals surface area contributed by atoms with Crippen molar-refractivity contribution < 1.29 is 18.5 Å². The maximum Gasteiger partial charge on any atom is 0.292 e. The van der Waals surface area contributed by atoms with Crippen LogP contribution in [0, 0.1) is 21.7 Å². The van der Waals surface area contributed by atoms with Crippen molar-refractivity contribution in [3.8, 4) is 0 Å². The summed E-state index contributed by atoms with van der Waals surface area (Å²) >= 11 is 0. The van der Waals surface area contributed by atoms with Gasteiger partial charge in [-0.3, -0.25) is 14.9 Å². The lowest BCUT2D eigenvalue weighted by atomic mass is 10.0. The highest BCUT2D eigenvalue weighted by Crippen LogP contribution is 2.24. The maximum atomic E-state index is 13.5. The number of hydrogen-bond acceptors (Lipinski definition) is 4. The highest BCUT2D eigenvalue weighted by molar-refractivity contribution is 6.09. The molecule has 0 amide bonds. The zero-order chi connectivity index (χ0) is 14.9. The zero-order valence-corrected chi connectivity index (χ0v) is 9.97. The molecule has 2 N–H and O–H groups in total. The van der Waals surface area contributed by atoms with Crippen LogP contribution in [-0.2, 0) is 0 Å². The fourth-order valence-corrected chi connectivity index (χ4v) is 1.67. The van der Waals surface area contributed by atoms with Gasteiger partial charge in [-0.05, 0) is 24.3 Å². The third-order valence-corrected chi connectivity index (χ3v) is 2.67. The van der Waals surface area contributed by atoms with Crippen molar-refractivity contribution in [2.75, 3.05) is 5.73 Å². The Morgan fingerprint density at radius 1 is 1.15 bits per heavy atom. The summed E-state index contributed by atoms with van der Waals surface area (Å²) in [5, 5.41) is 10.7. The van der Waals surface area contributed by atoms with Gasteiger partial charge >= 0.3 is 0 Å². The third kappa shape index (κ3) is 2.46. The molecule has 0 heterocycles. The fraction of sp³-hybridized carbons (Fsp3) is 0. The quantitative estimate of drug-likeness (QED) is 0.405. The van der Waals surface area contributed by atoms with E-state index in [1.165, 1.54) is 12.1 Å². The van der Waals surface area contributed by atoms with Gasteiger partial charge in [0.2, 0.25) is 0 Å². The van der Waals surface area contributed by atoms with E-state index in [4.69, 9.17) is 5.73 Å². The molecule has 0 fully saturated rings. The SMILES string of the molecule is Nc1ccc(C(=O)c2ccc(F)cc2F)cc1[N+](=O)[O-]. The highest BCUT2D eigenvalue weighted by Gasteiger charge is 2.19. The summed E-state index contributed by atoms with van der Waals surface area (Å²) in [5.41, 5.74) is 4.38. The number of anilines is 1. The number of benzene rings is 2. The number of hydrogen-bond donors (Lipinski definition) is 1. The van der Waals surface area contributed by atoms with Crippen molar-refractivity contribution in [3.63, 3.8) is 0 Å². The normalized spacial score (nSPS) is 10.3. The van der Waals surface area contributed by atoms with Crippen molar-refractivity contribution in [1.29, 1.82) is 0 Å². The van der Waals surface area contributed by atoms with E-state index in [0.29, 0.717) is 6.07 Å². The number of ketones is 1. The van der Waals surface area contributed by atoms with Gasteiger partial charge < -0.3 is 5.73 Å². The van der Waals surface area contributed by atoms with E-state index in [1.54, 1.807) is 0 Å². The number of carbonyl (C=O) groups is 1. The van der Waals surface area contributed by atoms with Gasteiger partial charge in [0, 0.05) is 17.7 Å². The first kappa shape index (κ1) is 13.6. The Morgan fingerprint density at radius 3 is 2.45 bits per heavy atom. The summed E-state index contributed by atoms with van der Waals surface area (Å²) < 4.78 is 26.3.